The van der Waals surface area contributed by atoms with Crippen molar-refractivity contribution in [1.82, 2.24) is 9.78 Å². The zero-order valence-corrected chi connectivity index (χ0v) is 9.84. The molecule has 3 nitrogen and oxygen atoms in total. The van der Waals surface area contributed by atoms with Crippen LogP contribution in [0.3, 0.4) is 0 Å². The molecule has 4 heteroatoms. The second kappa shape index (κ2) is 4.77. The Morgan fingerprint density at radius 3 is 2.85 bits per heavy atom. The molecule has 74 valence electrons. The molecule has 1 aromatic rings. The number of methoxy groups -OCH3 is 1. The normalized spacial score (nSPS) is 11.2. The lowest BCUT2D eigenvalue weighted by Gasteiger charge is -2.10. The maximum Gasteiger partial charge on any atom is 0.0635 e. The highest BCUT2D eigenvalue weighted by atomic mass is 79.9. The first-order chi connectivity index (χ1) is 6.16. The van der Waals surface area contributed by atoms with E-state index in [-0.39, 0.29) is 0 Å². The number of nitrogens with zero attached hydrogens (tertiary/aromatic N) is 2. The van der Waals surface area contributed by atoms with Crippen LogP contribution in [0.2, 0.25) is 0 Å². The third-order valence-electron chi connectivity index (χ3n) is 1.88. The fraction of sp³-hybridized carbons (Fsp3) is 0.667. The lowest BCUT2D eigenvalue weighted by Crippen LogP contribution is -2.09. The largest absolute Gasteiger partial charge is 0.384 e. The molecule has 0 bridgehead atoms. The van der Waals surface area contributed by atoms with Crippen LogP contribution < -0.4 is 0 Å². The van der Waals surface area contributed by atoms with Crippen LogP contribution in [0.25, 0.3) is 0 Å². The monoisotopic (exact) mass is 246 g/mol. The van der Waals surface area contributed by atoms with Crippen LogP contribution in [0.1, 0.15) is 25.6 Å². The van der Waals surface area contributed by atoms with E-state index in [1.54, 1.807) is 7.11 Å². The molecule has 0 saturated heterocycles. The van der Waals surface area contributed by atoms with Gasteiger partial charge in [0.25, 0.3) is 0 Å². The average Bonchev–Trinajstić information content (AvgIpc) is 2.43. The number of hydrogen-bond acceptors (Lipinski definition) is 2. The van der Waals surface area contributed by atoms with Crippen molar-refractivity contribution < 1.29 is 4.74 Å². The Morgan fingerprint density at radius 1 is 1.62 bits per heavy atom. The van der Waals surface area contributed by atoms with Crippen molar-refractivity contribution in [3.05, 3.63) is 16.4 Å². The van der Waals surface area contributed by atoms with Crippen molar-refractivity contribution in [3.63, 3.8) is 0 Å². The molecule has 0 saturated carbocycles. The Balaban J connectivity index is 2.82. The number of ether oxygens (including phenoxy) is 1. The van der Waals surface area contributed by atoms with E-state index in [2.05, 4.69) is 34.9 Å². The summed E-state index contributed by atoms with van der Waals surface area (Å²) in [5, 5.41) is 4.28. The number of halogens is 1. The first-order valence-corrected chi connectivity index (χ1v) is 5.17. The highest BCUT2D eigenvalue weighted by molar-refractivity contribution is 9.10. The molecule has 0 unspecified atom stereocenters. The van der Waals surface area contributed by atoms with E-state index in [9.17, 15) is 0 Å². The van der Waals surface area contributed by atoms with Crippen LogP contribution in [-0.2, 0) is 11.2 Å². The Labute approximate surface area is 87.2 Å². The summed E-state index contributed by atoms with van der Waals surface area (Å²) in [7, 11) is 1.71. The molecule has 0 spiro atoms. The van der Waals surface area contributed by atoms with Gasteiger partial charge in [-0.15, -0.1) is 0 Å². The van der Waals surface area contributed by atoms with Crippen molar-refractivity contribution in [3.8, 4) is 0 Å². The Morgan fingerprint density at radius 2 is 2.31 bits per heavy atom. The smallest absolute Gasteiger partial charge is 0.0635 e. The van der Waals surface area contributed by atoms with E-state index >= 15 is 0 Å². The maximum absolute atomic E-state index is 5.04. The molecule has 1 rings (SSSR count). The molecule has 0 fully saturated rings. The fourth-order valence-corrected chi connectivity index (χ4v) is 1.72. The minimum Gasteiger partial charge on any atom is -0.384 e. The number of rotatable bonds is 4. The Bertz CT molecular complexity index is 271. The maximum atomic E-state index is 5.04. The molecule has 0 atom stereocenters. The fourth-order valence-electron chi connectivity index (χ4n) is 1.24. The Kier molecular flexibility index (Phi) is 3.93. The summed E-state index contributed by atoms with van der Waals surface area (Å²) < 4.78 is 8.13. The standard InChI is InChI=1S/C9H15BrN2O/c1-7(2)12-9(4-5-13-3)8(10)6-11-12/h6-7H,4-5H2,1-3H3. The van der Waals surface area contributed by atoms with Crippen molar-refractivity contribution in [2.24, 2.45) is 0 Å². The van der Waals surface area contributed by atoms with Crippen LogP contribution in [0.5, 0.6) is 0 Å². The minimum atomic E-state index is 0.401. The molecule has 0 aliphatic rings. The van der Waals surface area contributed by atoms with Crippen molar-refractivity contribution in [2.75, 3.05) is 13.7 Å². The first kappa shape index (κ1) is 10.7. The van der Waals surface area contributed by atoms with Gasteiger partial charge in [0.05, 0.1) is 23.0 Å². The lowest BCUT2D eigenvalue weighted by molar-refractivity contribution is 0.199. The predicted molar refractivity (Wildman–Crippen MR) is 55.9 cm³/mol. The summed E-state index contributed by atoms with van der Waals surface area (Å²) in [5.41, 5.74) is 1.21. The zero-order chi connectivity index (χ0) is 9.84. The van der Waals surface area contributed by atoms with E-state index in [1.165, 1.54) is 5.69 Å². The summed E-state index contributed by atoms with van der Waals surface area (Å²) in [6, 6.07) is 0.401. The van der Waals surface area contributed by atoms with E-state index in [4.69, 9.17) is 4.74 Å². The quantitative estimate of drug-likeness (QED) is 0.816. The molecule has 0 aromatic carbocycles. The van der Waals surface area contributed by atoms with Crippen LogP contribution in [0, 0.1) is 0 Å². The molecule has 0 N–H and O–H groups in total. The van der Waals surface area contributed by atoms with Crippen LogP contribution >= 0.6 is 15.9 Å². The summed E-state index contributed by atoms with van der Waals surface area (Å²) >= 11 is 3.48. The van der Waals surface area contributed by atoms with Gasteiger partial charge in [0.1, 0.15) is 0 Å². The molecule has 1 aromatic heterocycles. The molecule has 0 aliphatic carbocycles. The van der Waals surface area contributed by atoms with Crippen molar-refractivity contribution in [1.29, 1.82) is 0 Å². The molecule has 0 radical (unpaired) electrons. The van der Waals surface area contributed by atoms with Gasteiger partial charge in [0.2, 0.25) is 0 Å². The average molecular weight is 247 g/mol. The molecule has 1 heterocycles. The van der Waals surface area contributed by atoms with E-state index in [1.807, 2.05) is 10.9 Å². The van der Waals surface area contributed by atoms with Crippen molar-refractivity contribution in [2.45, 2.75) is 26.3 Å². The summed E-state index contributed by atoms with van der Waals surface area (Å²) in [6.07, 6.45) is 2.74. The summed E-state index contributed by atoms with van der Waals surface area (Å²) in [4.78, 5) is 0. The summed E-state index contributed by atoms with van der Waals surface area (Å²) in [6.45, 7) is 4.97. The zero-order valence-electron chi connectivity index (χ0n) is 8.25. The van der Waals surface area contributed by atoms with Gasteiger partial charge in [-0.3, -0.25) is 4.68 Å². The third kappa shape index (κ3) is 2.54. The molecule has 13 heavy (non-hydrogen) atoms. The minimum absolute atomic E-state index is 0.401. The Hall–Kier alpha value is -0.350. The van der Waals surface area contributed by atoms with Gasteiger partial charge in [-0.25, -0.2) is 0 Å². The molecular weight excluding hydrogens is 232 g/mol. The van der Waals surface area contributed by atoms with E-state index in [0.29, 0.717) is 6.04 Å². The van der Waals surface area contributed by atoms with Crippen molar-refractivity contribution >= 4 is 15.9 Å². The molecule has 0 amide bonds. The second-order valence-electron chi connectivity index (χ2n) is 3.22. The van der Waals surface area contributed by atoms with Crippen LogP contribution in [-0.4, -0.2) is 23.5 Å². The number of aromatic nitrogens is 2. The second-order valence-corrected chi connectivity index (χ2v) is 4.07. The van der Waals surface area contributed by atoms with Gasteiger partial charge < -0.3 is 4.74 Å². The highest BCUT2D eigenvalue weighted by Crippen LogP contribution is 2.19. The van der Waals surface area contributed by atoms with Gasteiger partial charge in [0.15, 0.2) is 0 Å². The highest BCUT2D eigenvalue weighted by Gasteiger charge is 2.10. The van der Waals surface area contributed by atoms with Crippen LogP contribution in [0.4, 0.5) is 0 Å². The lowest BCUT2D eigenvalue weighted by atomic mass is 10.3. The van der Waals surface area contributed by atoms with E-state index in [0.717, 1.165) is 17.5 Å². The van der Waals surface area contributed by atoms with Gasteiger partial charge in [-0.05, 0) is 29.8 Å². The van der Waals surface area contributed by atoms with Gasteiger partial charge >= 0.3 is 0 Å². The van der Waals surface area contributed by atoms with Gasteiger partial charge in [0, 0.05) is 19.6 Å². The van der Waals surface area contributed by atoms with Crippen LogP contribution in [0.15, 0.2) is 10.7 Å². The first-order valence-electron chi connectivity index (χ1n) is 4.37. The topological polar surface area (TPSA) is 27.1 Å². The predicted octanol–water partition coefficient (Wildman–Crippen LogP) is 2.42. The van der Waals surface area contributed by atoms with E-state index < -0.39 is 0 Å². The number of hydrogen-bond donors (Lipinski definition) is 0. The summed E-state index contributed by atoms with van der Waals surface area (Å²) in [5.74, 6) is 0. The SMILES string of the molecule is COCCc1c(Br)cnn1C(C)C. The third-order valence-corrected chi connectivity index (χ3v) is 2.54. The van der Waals surface area contributed by atoms with Gasteiger partial charge in [-0.2, -0.15) is 5.10 Å². The van der Waals surface area contributed by atoms with Gasteiger partial charge in [-0.1, -0.05) is 0 Å². The molecular formula is C9H15BrN2O. The molecule has 0 aliphatic heterocycles.